The molecule has 0 N–H and O–H groups in total. The third kappa shape index (κ3) is 1.66. The lowest BCUT2D eigenvalue weighted by molar-refractivity contribution is 0.504. The molecule has 1 heterocycles. The third-order valence-corrected chi connectivity index (χ3v) is 4.01. The molecule has 0 aliphatic heterocycles. The fourth-order valence-corrected chi connectivity index (χ4v) is 3.21. The van der Waals surface area contributed by atoms with Gasteiger partial charge >= 0.3 is 9.75 Å². The average Bonchev–Trinajstić information content (AvgIpc) is 2.48. The molecule has 1 atom stereocenters. The highest BCUT2D eigenvalue weighted by Crippen LogP contribution is 2.19. The fourth-order valence-electron chi connectivity index (χ4n) is 1.51. The molecule has 5 heteroatoms. The summed E-state index contributed by atoms with van der Waals surface area (Å²) in [6, 6.07) is 0.0104. The third-order valence-electron chi connectivity index (χ3n) is 2.14. The fraction of sp³-hybridized carbons (Fsp3) is 0.500. The van der Waals surface area contributed by atoms with Crippen molar-refractivity contribution in [2.75, 3.05) is 0 Å². The van der Waals surface area contributed by atoms with E-state index in [0.717, 1.165) is 39.9 Å². The van der Waals surface area contributed by atoms with Gasteiger partial charge < -0.3 is 0 Å². The Labute approximate surface area is 82.3 Å². The van der Waals surface area contributed by atoms with E-state index < -0.39 is 0 Å². The minimum atomic E-state index is -0.119. The van der Waals surface area contributed by atoms with Gasteiger partial charge in [-0.25, -0.2) is 4.57 Å². The molecule has 1 aromatic heterocycles. The van der Waals surface area contributed by atoms with Crippen molar-refractivity contribution in [2.45, 2.75) is 25.3 Å². The summed E-state index contributed by atoms with van der Waals surface area (Å²) in [5.74, 6) is 0. The Morgan fingerprint density at radius 2 is 2.00 bits per heavy atom. The lowest BCUT2D eigenvalue weighted by atomic mass is 10.0. The Morgan fingerprint density at radius 1 is 1.31 bits per heavy atom. The summed E-state index contributed by atoms with van der Waals surface area (Å²) >= 11 is 0. The molecule has 0 bridgehead atoms. The molecule has 70 valence electrons. The summed E-state index contributed by atoms with van der Waals surface area (Å²) in [6.07, 6.45) is 7.05. The summed E-state index contributed by atoms with van der Waals surface area (Å²) in [7, 11) is 2.05. The van der Waals surface area contributed by atoms with E-state index in [-0.39, 0.29) is 15.8 Å². The monoisotopic (exact) mass is 215 g/mol. The summed E-state index contributed by atoms with van der Waals surface area (Å²) in [5, 5.41) is 0. The Bertz CT molecular complexity index is 398. The predicted molar refractivity (Wildman–Crippen MR) is 54.8 cm³/mol. The van der Waals surface area contributed by atoms with E-state index in [1.165, 1.54) is 4.57 Å². The zero-order chi connectivity index (χ0) is 9.26. The number of hydrogen-bond donors (Lipinski definition) is 0. The lowest BCUT2D eigenvalue weighted by Gasteiger charge is -2.15. The van der Waals surface area contributed by atoms with E-state index in [4.69, 9.17) is 0 Å². The van der Waals surface area contributed by atoms with Gasteiger partial charge in [-0.1, -0.05) is 12.2 Å². The maximum Gasteiger partial charge on any atom is 0.321 e. The number of allylic oxidation sites excluding steroid dienone is 2. The predicted octanol–water partition coefficient (Wildman–Crippen LogP) is 1.61. The van der Waals surface area contributed by atoms with Crippen LogP contribution in [0, 0.1) is 0 Å². The number of rotatable bonds is 1. The standard InChI is InChI=1S/C8H9NO2S2/c10-7-9(8(11)13-12-7)6-4-2-1-3-5-6/h2,4,6H,1,3,5H2. The Hall–Kier alpha value is -0.680. The van der Waals surface area contributed by atoms with Crippen molar-refractivity contribution in [1.82, 2.24) is 4.57 Å². The van der Waals surface area contributed by atoms with E-state index in [0.29, 0.717) is 0 Å². The molecule has 2 rings (SSSR count). The maximum atomic E-state index is 11.3. The van der Waals surface area contributed by atoms with Gasteiger partial charge in [0.1, 0.15) is 0 Å². The molecule has 1 aliphatic carbocycles. The van der Waals surface area contributed by atoms with E-state index in [1.54, 1.807) is 0 Å². The van der Waals surface area contributed by atoms with E-state index in [9.17, 15) is 9.59 Å². The van der Waals surface area contributed by atoms with Crippen LogP contribution in [0.15, 0.2) is 21.7 Å². The van der Waals surface area contributed by atoms with Crippen LogP contribution in [-0.4, -0.2) is 4.57 Å². The van der Waals surface area contributed by atoms with Crippen molar-refractivity contribution < 1.29 is 0 Å². The molecule has 3 nitrogen and oxygen atoms in total. The second-order valence-corrected chi connectivity index (χ2v) is 5.03. The molecule has 0 spiro atoms. The molecular formula is C8H9NO2S2. The van der Waals surface area contributed by atoms with Gasteiger partial charge in [0.05, 0.1) is 6.04 Å². The molecule has 1 aromatic rings. The average molecular weight is 215 g/mol. The first-order chi connectivity index (χ1) is 6.29. The van der Waals surface area contributed by atoms with Gasteiger partial charge in [-0.3, -0.25) is 9.59 Å². The highest BCUT2D eigenvalue weighted by atomic mass is 32.9. The van der Waals surface area contributed by atoms with Crippen molar-refractivity contribution in [1.29, 1.82) is 0 Å². The topological polar surface area (TPSA) is 39.1 Å². The van der Waals surface area contributed by atoms with E-state index >= 15 is 0 Å². The minimum Gasteiger partial charge on any atom is -0.256 e. The van der Waals surface area contributed by atoms with Gasteiger partial charge in [0.2, 0.25) is 0 Å². The van der Waals surface area contributed by atoms with E-state index in [2.05, 4.69) is 0 Å². The highest BCUT2D eigenvalue weighted by Gasteiger charge is 2.15. The van der Waals surface area contributed by atoms with Crippen molar-refractivity contribution in [3.8, 4) is 0 Å². The van der Waals surface area contributed by atoms with Crippen LogP contribution in [0.4, 0.5) is 0 Å². The summed E-state index contributed by atoms with van der Waals surface area (Å²) in [5.41, 5.74) is 0. The molecule has 0 saturated heterocycles. The van der Waals surface area contributed by atoms with Crippen LogP contribution in [0.25, 0.3) is 0 Å². The second kappa shape index (κ2) is 3.59. The van der Waals surface area contributed by atoms with Gasteiger partial charge in [-0.15, -0.1) is 0 Å². The first-order valence-electron chi connectivity index (χ1n) is 4.17. The molecular weight excluding hydrogens is 206 g/mol. The van der Waals surface area contributed by atoms with Crippen molar-refractivity contribution >= 4 is 20.7 Å². The molecule has 0 fully saturated rings. The SMILES string of the molecule is O=c1ssc(=O)n1C1C=CCCC1. The zero-order valence-corrected chi connectivity index (χ0v) is 8.57. The quantitative estimate of drug-likeness (QED) is 0.527. The number of hydrogen-bond acceptors (Lipinski definition) is 4. The van der Waals surface area contributed by atoms with Crippen LogP contribution in [0.5, 0.6) is 0 Å². The van der Waals surface area contributed by atoms with Gasteiger partial charge in [-0.05, 0) is 39.9 Å². The molecule has 0 amide bonds. The van der Waals surface area contributed by atoms with Crippen molar-refractivity contribution in [3.63, 3.8) is 0 Å². The van der Waals surface area contributed by atoms with Crippen LogP contribution < -0.4 is 9.75 Å². The molecule has 0 radical (unpaired) electrons. The largest absolute Gasteiger partial charge is 0.321 e. The van der Waals surface area contributed by atoms with Crippen LogP contribution in [0.3, 0.4) is 0 Å². The molecule has 0 aromatic carbocycles. The summed E-state index contributed by atoms with van der Waals surface area (Å²) in [4.78, 5) is 22.4. The second-order valence-electron chi connectivity index (χ2n) is 2.99. The minimum absolute atomic E-state index is 0.0104. The molecule has 13 heavy (non-hydrogen) atoms. The van der Waals surface area contributed by atoms with Crippen molar-refractivity contribution in [3.05, 3.63) is 31.5 Å². The van der Waals surface area contributed by atoms with E-state index in [1.807, 2.05) is 12.2 Å². The van der Waals surface area contributed by atoms with Crippen LogP contribution in [0.1, 0.15) is 25.3 Å². The van der Waals surface area contributed by atoms with Gasteiger partial charge in [0.25, 0.3) is 0 Å². The Kier molecular flexibility index (Phi) is 2.46. The number of nitrogens with zero attached hydrogens (tertiary/aromatic N) is 1. The molecule has 1 unspecified atom stereocenters. The Balaban J connectivity index is 2.44. The summed E-state index contributed by atoms with van der Waals surface area (Å²) < 4.78 is 1.37. The number of aromatic nitrogens is 1. The summed E-state index contributed by atoms with van der Waals surface area (Å²) in [6.45, 7) is 0. The smallest absolute Gasteiger partial charge is 0.256 e. The first-order valence-corrected chi connectivity index (χ1v) is 6.32. The maximum absolute atomic E-state index is 11.3. The van der Waals surface area contributed by atoms with Crippen LogP contribution in [0.2, 0.25) is 0 Å². The van der Waals surface area contributed by atoms with Gasteiger partial charge in [0.15, 0.2) is 0 Å². The Morgan fingerprint density at radius 3 is 2.54 bits per heavy atom. The van der Waals surface area contributed by atoms with Crippen molar-refractivity contribution in [2.24, 2.45) is 0 Å². The molecule has 1 aliphatic rings. The van der Waals surface area contributed by atoms with Gasteiger partial charge in [0, 0.05) is 0 Å². The normalized spacial score (nSPS) is 22.0. The zero-order valence-electron chi connectivity index (χ0n) is 6.93. The molecule has 0 saturated carbocycles. The van der Waals surface area contributed by atoms with Gasteiger partial charge in [-0.2, -0.15) is 0 Å². The van der Waals surface area contributed by atoms with Crippen LogP contribution >= 0.6 is 20.7 Å². The lowest BCUT2D eigenvalue weighted by Crippen LogP contribution is -2.28. The highest BCUT2D eigenvalue weighted by molar-refractivity contribution is 7.67. The first kappa shape index (κ1) is 8.90. The van der Waals surface area contributed by atoms with Crippen LogP contribution in [-0.2, 0) is 0 Å².